The predicted octanol–water partition coefficient (Wildman–Crippen LogP) is 3.35. The Morgan fingerprint density at radius 3 is 2.41 bits per heavy atom. The highest BCUT2D eigenvalue weighted by Crippen LogP contribution is 2.25. The molecule has 0 atom stereocenters. The third kappa shape index (κ3) is 4.35. The summed E-state index contributed by atoms with van der Waals surface area (Å²) in [5.74, 6) is 0.731. The van der Waals surface area contributed by atoms with Crippen molar-refractivity contribution in [2.75, 3.05) is 13.2 Å². The Balaban J connectivity index is 1.80. The number of hydrogen-bond acceptors (Lipinski definition) is 2. The first-order valence-corrected chi connectivity index (χ1v) is 7.58. The number of rotatable bonds is 6. The molecule has 0 spiro atoms. The van der Waals surface area contributed by atoms with Crippen molar-refractivity contribution in [3.63, 3.8) is 0 Å². The van der Waals surface area contributed by atoms with Gasteiger partial charge in [-0.25, -0.2) is 0 Å². The van der Waals surface area contributed by atoms with Gasteiger partial charge in [-0.1, -0.05) is 42.5 Å². The molecule has 0 aliphatic carbocycles. The molecule has 116 valence electrons. The molecule has 2 rings (SSSR count). The lowest BCUT2D eigenvalue weighted by atomic mass is 10.1. The maximum absolute atomic E-state index is 11.9. The number of carbonyl (C=O) groups is 1. The van der Waals surface area contributed by atoms with Crippen molar-refractivity contribution in [1.82, 2.24) is 5.32 Å². The molecular formula is C19H23NO2. The Labute approximate surface area is 132 Å². The van der Waals surface area contributed by atoms with E-state index in [9.17, 15) is 4.79 Å². The second-order valence-corrected chi connectivity index (χ2v) is 5.53. The average molecular weight is 297 g/mol. The molecule has 0 saturated heterocycles. The van der Waals surface area contributed by atoms with Crippen LogP contribution in [0.15, 0.2) is 42.5 Å². The van der Waals surface area contributed by atoms with Gasteiger partial charge >= 0.3 is 0 Å². The van der Waals surface area contributed by atoms with Gasteiger partial charge in [-0.05, 0) is 49.4 Å². The number of benzene rings is 2. The molecule has 1 amide bonds. The van der Waals surface area contributed by atoms with Gasteiger partial charge in [0.1, 0.15) is 5.75 Å². The van der Waals surface area contributed by atoms with Crippen LogP contribution in [0.3, 0.4) is 0 Å². The van der Waals surface area contributed by atoms with Crippen LogP contribution in [0.5, 0.6) is 5.75 Å². The van der Waals surface area contributed by atoms with Crippen molar-refractivity contribution >= 4 is 5.91 Å². The second-order valence-electron chi connectivity index (χ2n) is 5.53. The summed E-state index contributed by atoms with van der Waals surface area (Å²) in [5, 5.41) is 2.89. The van der Waals surface area contributed by atoms with Crippen molar-refractivity contribution in [3.05, 3.63) is 64.7 Å². The van der Waals surface area contributed by atoms with E-state index in [4.69, 9.17) is 4.74 Å². The highest BCUT2D eigenvalue weighted by atomic mass is 16.5. The van der Waals surface area contributed by atoms with Crippen LogP contribution in [-0.4, -0.2) is 19.1 Å². The van der Waals surface area contributed by atoms with E-state index in [1.54, 1.807) is 0 Å². The van der Waals surface area contributed by atoms with Gasteiger partial charge in [-0.15, -0.1) is 0 Å². The highest BCUT2D eigenvalue weighted by molar-refractivity contribution is 5.77. The summed E-state index contributed by atoms with van der Waals surface area (Å²) in [6.07, 6.45) is 0.828. The molecule has 2 aromatic rings. The maximum Gasteiger partial charge on any atom is 0.257 e. The molecule has 2 aromatic carbocycles. The Kier molecular flexibility index (Phi) is 5.59. The van der Waals surface area contributed by atoms with Gasteiger partial charge in [0.05, 0.1) is 0 Å². The van der Waals surface area contributed by atoms with Gasteiger partial charge in [0, 0.05) is 6.54 Å². The van der Waals surface area contributed by atoms with Gasteiger partial charge in [-0.2, -0.15) is 0 Å². The molecule has 0 saturated carbocycles. The summed E-state index contributed by atoms with van der Waals surface area (Å²) in [5.41, 5.74) is 4.54. The summed E-state index contributed by atoms with van der Waals surface area (Å²) in [6, 6.07) is 14.2. The third-order valence-electron chi connectivity index (χ3n) is 3.80. The standard InChI is InChI=1S/C19H23NO2/c1-14-9-10-15(2)19(16(14)3)22-13-18(21)20-12-11-17-7-5-4-6-8-17/h4-10H,11-13H2,1-3H3,(H,20,21). The number of amides is 1. The van der Waals surface area contributed by atoms with E-state index in [0.717, 1.165) is 23.3 Å². The molecule has 0 heterocycles. The van der Waals surface area contributed by atoms with E-state index in [1.807, 2.05) is 45.0 Å². The molecule has 0 fully saturated rings. The Bertz CT molecular complexity index is 635. The zero-order valence-electron chi connectivity index (χ0n) is 13.5. The first kappa shape index (κ1) is 16.1. The smallest absolute Gasteiger partial charge is 0.257 e. The first-order valence-electron chi connectivity index (χ1n) is 7.58. The van der Waals surface area contributed by atoms with Gasteiger partial charge in [0.2, 0.25) is 0 Å². The van der Waals surface area contributed by atoms with Gasteiger partial charge in [0.25, 0.3) is 5.91 Å². The molecule has 3 heteroatoms. The fraction of sp³-hybridized carbons (Fsp3) is 0.316. The van der Waals surface area contributed by atoms with E-state index in [-0.39, 0.29) is 12.5 Å². The summed E-state index contributed by atoms with van der Waals surface area (Å²) in [7, 11) is 0. The lowest BCUT2D eigenvalue weighted by molar-refractivity contribution is -0.123. The number of aryl methyl sites for hydroxylation is 2. The average Bonchev–Trinajstić information content (AvgIpc) is 2.52. The number of ether oxygens (including phenoxy) is 1. The SMILES string of the molecule is Cc1ccc(C)c(OCC(=O)NCCc2ccccc2)c1C. The van der Waals surface area contributed by atoms with E-state index in [0.29, 0.717) is 6.54 Å². The number of hydrogen-bond donors (Lipinski definition) is 1. The summed E-state index contributed by atoms with van der Waals surface area (Å²) in [4.78, 5) is 11.9. The third-order valence-corrected chi connectivity index (χ3v) is 3.80. The van der Waals surface area contributed by atoms with E-state index in [1.165, 1.54) is 11.1 Å². The van der Waals surface area contributed by atoms with Gasteiger partial charge in [-0.3, -0.25) is 4.79 Å². The lowest BCUT2D eigenvalue weighted by Crippen LogP contribution is -2.30. The largest absolute Gasteiger partial charge is 0.483 e. The molecule has 0 radical (unpaired) electrons. The second kappa shape index (κ2) is 7.64. The summed E-state index contributed by atoms with van der Waals surface area (Å²) >= 11 is 0. The Morgan fingerprint density at radius 2 is 1.68 bits per heavy atom. The van der Waals surface area contributed by atoms with Crippen molar-refractivity contribution in [3.8, 4) is 5.75 Å². The lowest BCUT2D eigenvalue weighted by Gasteiger charge is -2.14. The molecule has 3 nitrogen and oxygen atoms in total. The van der Waals surface area contributed by atoms with Crippen LogP contribution in [0, 0.1) is 20.8 Å². The van der Waals surface area contributed by atoms with E-state index < -0.39 is 0 Å². The van der Waals surface area contributed by atoms with Crippen LogP contribution in [0.1, 0.15) is 22.3 Å². The topological polar surface area (TPSA) is 38.3 Å². The van der Waals surface area contributed by atoms with Crippen LogP contribution >= 0.6 is 0 Å². The maximum atomic E-state index is 11.9. The molecule has 1 N–H and O–H groups in total. The fourth-order valence-electron chi connectivity index (χ4n) is 2.33. The summed E-state index contributed by atoms with van der Waals surface area (Å²) in [6.45, 7) is 6.74. The molecular weight excluding hydrogens is 274 g/mol. The summed E-state index contributed by atoms with van der Waals surface area (Å²) < 4.78 is 5.70. The van der Waals surface area contributed by atoms with Crippen LogP contribution in [0.25, 0.3) is 0 Å². The number of nitrogens with one attached hydrogen (secondary N) is 1. The van der Waals surface area contributed by atoms with E-state index >= 15 is 0 Å². The normalized spacial score (nSPS) is 10.3. The van der Waals surface area contributed by atoms with E-state index in [2.05, 4.69) is 23.5 Å². The predicted molar refractivity (Wildman–Crippen MR) is 89.3 cm³/mol. The Hall–Kier alpha value is -2.29. The molecule has 0 aliphatic rings. The Morgan fingerprint density at radius 1 is 1.00 bits per heavy atom. The zero-order valence-corrected chi connectivity index (χ0v) is 13.5. The van der Waals surface area contributed by atoms with Gasteiger partial charge < -0.3 is 10.1 Å². The highest BCUT2D eigenvalue weighted by Gasteiger charge is 2.09. The van der Waals surface area contributed by atoms with Crippen molar-refractivity contribution < 1.29 is 9.53 Å². The van der Waals surface area contributed by atoms with Crippen molar-refractivity contribution in [2.24, 2.45) is 0 Å². The molecule has 0 aromatic heterocycles. The van der Waals surface area contributed by atoms with Crippen LogP contribution in [0.2, 0.25) is 0 Å². The fourth-order valence-corrected chi connectivity index (χ4v) is 2.33. The quantitative estimate of drug-likeness (QED) is 0.888. The number of carbonyl (C=O) groups excluding carboxylic acids is 1. The first-order chi connectivity index (χ1) is 10.6. The molecule has 0 bridgehead atoms. The minimum Gasteiger partial charge on any atom is -0.483 e. The van der Waals surface area contributed by atoms with Crippen LogP contribution in [-0.2, 0) is 11.2 Å². The zero-order chi connectivity index (χ0) is 15.9. The van der Waals surface area contributed by atoms with Crippen LogP contribution < -0.4 is 10.1 Å². The monoisotopic (exact) mass is 297 g/mol. The minimum absolute atomic E-state index is 0.0555. The van der Waals surface area contributed by atoms with Gasteiger partial charge in [0.15, 0.2) is 6.61 Å². The minimum atomic E-state index is -0.0868. The van der Waals surface area contributed by atoms with Crippen molar-refractivity contribution in [1.29, 1.82) is 0 Å². The molecule has 22 heavy (non-hydrogen) atoms. The molecule has 0 aliphatic heterocycles. The van der Waals surface area contributed by atoms with Crippen LogP contribution in [0.4, 0.5) is 0 Å². The van der Waals surface area contributed by atoms with Crippen molar-refractivity contribution in [2.45, 2.75) is 27.2 Å². The molecule has 0 unspecified atom stereocenters.